The Bertz CT molecular complexity index is 668. The predicted octanol–water partition coefficient (Wildman–Crippen LogP) is 3.23. The summed E-state index contributed by atoms with van der Waals surface area (Å²) in [5.41, 5.74) is 6.38. The van der Waals surface area contributed by atoms with E-state index < -0.39 is 28.8 Å². The van der Waals surface area contributed by atoms with E-state index in [9.17, 15) is 18.0 Å². The van der Waals surface area contributed by atoms with E-state index in [1.54, 1.807) is 13.0 Å². The van der Waals surface area contributed by atoms with Crippen molar-refractivity contribution in [2.75, 3.05) is 5.73 Å². The largest absolute Gasteiger partial charge is 0.398 e. The molecule has 19 heavy (non-hydrogen) atoms. The third-order valence-corrected chi connectivity index (χ3v) is 2.80. The van der Waals surface area contributed by atoms with Crippen LogP contribution < -0.4 is 5.73 Å². The van der Waals surface area contributed by atoms with Gasteiger partial charge < -0.3 is 5.73 Å². The summed E-state index contributed by atoms with van der Waals surface area (Å²) in [6.45, 7) is 1.75. The predicted molar refractivity (Wildman–Crippen MR) is 65.3 cm³/mol. The zero-order chi connectivity index (χ0) is 14.2. The van der Waals surface area contributed by atoms with Crippen molar-refractivity contribution < 1.29 is 18.0 Å². The molecule has 0 fully saturated rings. The van der Waals surface area contributed by atoms with Crippen molar-refractivity contribution in [3.63, 3.8) is 0 Å². The number of anilines is 1. The molecule has 0 aromatic heterocycles. The van der Waals surface area contributed by atoms with E-state index in [2.05, 4.69) is 0 Å². The SMILES string of the molecule is Cc1ccc(C(=O)c2cc(F)c(F)cc2F)cc1N. The molecule has 98 valence electrons. The van der Waals surface area contributed by atoms with E-state index in [0.29, 0.717) is 17.8 Å². The smallest absolute Gasteiger partial charge is 0.196 e. The Morgan fingerprint density at radius 2 is 1.63 bits per heavy atom. The number of rotatable bonds is 2. The van der Waals surface area contributed by atoms with Gasteiger partial charge >= 0.3 is 0 Å². The maximum atomic E-state index is 13.5. The van der Waals surface area contributed by atoms with Crippen LogP contribution in [0.25, 0.3) is 0 Å². The Balaban J connectivity index is 2.49. The maximum absolute atomic E-state index is 13.5. The second-order valence-corrected chi connectivity index (χ2v) is 4.15. The molecule has 0 saturated carbocycles. The Morgan fingerprint density at radius 1 is 1.00 bits per heavy atom. The fourth-order valence-corrected chi connectivity index (χ4v) is 1.63. The zero-order valence-electron chi connectivity index (χ0n) is 10.0. The Kier molecular flexibility index (Phi) is 3.29. The van der Waals surface area contributed by atoms with Gasteiger partial charge in [-0.05, 0) is 24.6 Å². The number of nitrogens with two attached hydrogens (primary N) is 1. The first-order valence-corrected chi connectivity index (χ1v) is 5.45. The highest BCUT2D eigenvalue weighted by Gasteiger charge is 2.18. The highest BCUT2D eigenvalue weighted by molar-refractivity contribution is 6.09. The lowest BCUT2D eigenvalue weighted by atomic mass is 10.0. The number of carbonyl (C=O) groups excluding carboxylic acids is 1. The first-order chi connectivity index (χ1) is 8.90. The first kappa shape index (κ1) is 13.1. The van der Waals surface area contributed by atoms with Crippen LogP contribution >= 0.6 is 0 Å². The van der Waals surface area contributed by atoms with Gasteiger partial charge in [0.05, 0.1) is 5.56 Å². The molecular formula is C14H10F3NO. The number of ketones is 1. The number of benzene rings is 2. The number of hydrogen-bond donors (Lipinski definition) is 1. The second kappa shape index (κ2) is 4.76. The number of carbonyl (C=O) groups is 1. The molecule has 0 aliphatic rings. The van der Waals surface area contributed by atoms with Crippen molar-refractivity contribution in [3.8, 4) is 0 Å². The van der Waals surface area contributed by atoms with Crippen LogP contribution in [0.3, 0.4) is 0 Å². The quantitative estimate of drug-likeness (QED) is 0.514. The molecule has 0 aliphatic heterocycles. The lowest BCUT2D eigenvalue weighted by Crippen LogP contribution is -2.07. The highest BCUT2D eigenvalue weighted by Crippen LogP contribution is 2.20. The average molecular weight is 265 g/mol. The van der Waals surface area contributed by atoms with Crippen molar-refractivity contribution in [1.82, 2.24) is 0 Å². The monoisotopic (exact) mass is 265 g/mol. The van der Waals surface area contributed by atoms with Crippen LogP contribution in [-0.2, 0) is 0 Å². The van der Waals surface area contributed by atoms with Crippen LogP contribution in [0.2, 0.25) is 0 Å². The third kappa shape index (κ3) is 2.45. The van der Waals surface area contributed by atoms with Gasteiger partial charge in [0.2, 0.25) is 0 Å². The summed E-state index contributed by atoms with van der Waals surface area (Å²) in [6, 6.07) is 5.32. The van der Waals surface area contributed by atoms with Crippen LogP contribution in [0.5, 0.6) is 0 Å². The van der Waals surface area contributed by atoms with Gasteiger partial charge in [0.1, 0.15) is 5.82 Å². The van der Waals surface area contributed by atoms with Gasteiger partial charge in [-0.3, -0.25) is 4.79 Å². The van der Waals surface area contributed by atoms with Gasteiger partial charge in [-0.25, -0.2) is 13.2 Å². The molecule has 2 aromatic rings. The lowest BCUT2D eigenvalue weighted by Gasteiger charge is -2.06. The van der Waals surface area contributed by atoms with Crippen molar-refractivity contribution in [2.24, 2.45) is 0 Å². The van der Waals surface area contributed by atoms with Gasteiger partial charge in [0, 0.05) is 17.3 Å². The summed E-state index contributed by atoms with van der Waals surface area (Å²) in [7, 11) is 0. The normalized spacial score (nSPS) is 10.5. The van der Waals surface area contributed by atoms with E-state index in [-0.39, 0.29) is 5.56 Å². The van der Waals surface area contributed by atoms with Gasteiger partial charge in [0.25, 0.3) is 0 Å². The van der Waals surface area contributed by atoms with Gasteiger partial charge in [-0.15, -0.1) is 0 Å². The molecule has 0 spiro atoms. The molecule has 0 atom stereocenters. The minimum Gasteiger partial charge on any atom is -0.398 e. The molecule has 2 N–H and O–H groups in total. The van der Waals surface area contributed by atoms with Crippen LogP contribution in [0, 0.1) is 24.4 Å². The molecule has 0 amide bonds. The molecule has 0 aliphatic carbocycles. The Hall–Kier alpha value is -2.30. The molecule has 0 heterocycles. The molecule has 0 saturated heterocycles. The van der Waals surface area contributed by atoms with E-state index >= 15 is 0 Å². The molecule has 2 aromatic carbocycles. The van der Waals surface area contributed by atoms with Crippen molar-refractivity contribution in [1.29, 1.82) is 0 Å². The average Bonchev–Trinajstić information content (AvgIpc) is 2.36. The standard InChI is InChI=1S/C14H10F3NO/c1-7-2-3-8(4-13(7)18)14(19)9-5-11(16)12(17)6-10(9)15/h2-6H,18H2,1H3. The minimum atomic E-state index is -1.34. The molecule has 0 radical (unpaired) electrons. The van der Waals surface area contributed by atoms with E-state index in [1.165, 1.54) is 12.1 Å². The summed E-state index contributed by atoms with van der Waals surface area (Å²) in [5, 5.41) is 0. The summed E-state index contributed by atoms with van der Waals surface area (Å²) in [6.07, 6.45) is 0. The van der Waals surface area contributed by atoms with Crippen LogP contribution in [0.4, 0.5) is 18.9 Å². The zero-order valence-corrected chi connectivity index (χ0v) is 10.0. The first-order valence-electron chi connectivity index (χ1n) is 5.45. The fraction of sp³-hybridized carbons (Fsp3) is 0.0714. The molecule has 2 nitrogen and oxygen atoms in total. The summed E-state index contributed by atoms with van der Waals surface area (Å²) in [5.74, 6) is -4.46. The Morgan fingerprint density at radius 3 is 2.26 bits per heavy atom. The summed E-state index contributed by atoms with van der Waals surface area (Å²) >= 11 is 0. The molecule has 5 heteroatoms. The maximum Gasteiger partial charge on any atom is 0.196 e. The van der Waals surface area contributed by atoms with E-state index in [0.717, 1.165) is 5.56 Å². The van der Waals surface area contributed by atoms with Crippen LogP contribution in [0.1, 0.15) is 21.5 Å². The third-order valence-electron chi connectivity index (χ3n) is 2.80. The van der Waals surface area contributed by atoms with E-state index in [4.69, 9.17) is 5.73 Å². The van der Waals surface area contributed by atoms with Gasteiger partial charge in [-0.2, -0.15) is 0 Å². The topological polar surface area (TPSA) is 43.1 Å². The number of nitrogen functional groups attached to an aromatic ring is 1. The second-order valence-electron chi connectivity index (χ2n) is 4.15. The Labute approximate surface area is 107 Å². The van der Waals surface area contributed by atoms with Gasteiger partial charge in [-0.1, -0.05) is 12.1 Å². The van der Waals surface area contributed by atoms with Crippen molar-refractivity contribution >= 4 is 11.5 Å². The van der Waals surface area contributed by atoms with Gasteiger partial charge in [0.15, 0.2) is 17.4 Å². The lowest BCUT2D eigenvalue weighted by molar-refractivity contribution is 0.103. The summed E-state index contributed by atoms with van der Waals surface area (Å²) in [4.78, 5) is 12.0. The van der Waals surface area contributed by atoms with Crippen molar-refractivity contribution in [2.45, 2.75) is 6.92 Å². The molecule has 0 unspecified atom stereocenters. The van der Waals surface area contributed by atoms with Crippen LogP contribution in [0.15, 0.2) is 30.3 Å². The highest BCUT2D eigenvalue weighted by atomic mass is 19.2. The molecular weight excluding hydrogens is 255 g/mol. The number of halogens is 3. The van der Waals surface area contributed by atoms with E-state index in [1.807, 2.05) is 0 Å². The summed E-state index contributed by atoms with van der Waals surface area (Å²) < 4.78 is 39.3. The molecule has 2 rings (SSSR count). The fourth-order valence-electron chi connectivity index (χ4n) is 1.63. The molecule has 0 bridgehead atoms. The van der Waals surface area contributed by atoms with Crippen LogP contribution in [-0.4, -0.2) is 5.78 Å². The van der Waals surface area contributed by atoms with Crippen molar-refractivity contribution in [3.05, 3.63) is 64.5 Å². The minimum absolute atomic E-state index is 0.119. The number of aryl methyl sites for hydroxylation is 1. The number of hydrogen-bond acceptors (Lipinski definition) is 2.